The number of carbonyl (C=O) groups is 2. The molecular weight excluding hydrogens is 609 g/mol. The van der Waals surface area contributed by atoms with Crippen LogP contribution >= 0.6 is 34.8 Å². The number of anilines is 1. The molecule has 0 aliphatic carbocycles. The molecule has 12 heteroatoms. The molecule has 0 fully saturated rings. The van der Waals surface area contributed by atoms with Gasteiger partial charge in [0.1, 0.15) is 18.3 Å². The molecule has 0 bridgehead atoms. The van der Waals surface area contributed by atoms with Crippen molar-refractivity contribution < 1.29 is 22.7 Å². The Balaban J connectivity index is 2.13. The zero-order chi connectivity index (χ0) is 30.2. The molecule has 0 saturated heterocycles. The number of rotatable bonds is 13. The maximum absolute atomic E-state index is 14.1. The summed E-state index contributed by atoms with van der Waals surface area (Å²) in [5.41, 5.74) is 0.620. The number of ether oxygens (including phenoxy) is 1. The molecule has 0 radical (unpaired) electrons. The summed E-state index contributed by atoms with van der Waals surface area (Å²) in [5, 5.41) is 3.81. The van der Waals surface area contributed by atoms with E-state index in [-0.39, 0.29) is 40.2 Å². The van der Waals surface area contributed by atoms with E-state index in [1.807, 2.05) is 6.92 Å². The Kier molecular flexibility index (Phi) is 11.7. The summed E-state index contributed by atoms with van der Waals surface area (Å²) in [6.07, 6.45) is 0.981. The zero-order valence-corrected chi connectivity index (χ0v) is 26.0. The topological polar surface area (TPSA) is 96.0 Å². The zero-order valence-electron chi connectivity index (χ0n) is 22.9. The third-order valence-electron chi connectivity index (χ3n) is 6.31. The predicted octanol–water partition coefficient (Wildman–Crippen LogP) is 6.18. The van der Waals surface area contributed by atoms with Crippen molar-refractivity contribution in [2.75, 3.05) is 24.5 Å². The van der Waals surface area contributed by atoms with Gasteiger partial charge in [-0.2, -0.15) is 0 Å². The van der Waals surface area contributed by atoms with E-state index < -0.39 is 28.5 Å². The van der Waals surface area contributed by atoms with Gasteiger partial charge in [0.2, 0.25) is 11.8 Å². The van der Waals surface area contributed by atoms with Gasteiger partial charge >= 0.3 is 0 Å². The first kappa shape index (κ1) is 32.5. The van der Waals surface area contributed by atoms with Crippen molar-refractivity contribution in [2.24, 2.45) is 0 Å². The molecule has 3 aromatic carbocycles. The molecule has 0 aliphatic rings. The van der Waals surface area contributed by atoms with Crippen molar-refractivity contribution in [3.05, 3.63) is 87.4 Å². The first-order valence-corrected chi connectivity index (χ1v) is 15.5. The second-order valence-corrected chi connectivity index (χ2v) is 12.3. The normalized spacial score (nSPS) is 12.0. The third kappa shape index (κ3) is 8.07. The minimum atomic E-state index is -4.28. The smallest absolute Gasteiger partial charge is 0.264 e. The van der Waals surface area contributed by atoms with Crippen molar-refractivity contribution in [2.45, 2.75) is 44.2 Å². The first-order valence-electron chi connectivity index (χ1n) is 13.0. The molecule has 2 amide bonds. The lowest BCUT2D eigenvalue weighted by atomic mass is 10.1. The van der Waals surface area contributed by atoms with E-state index in [0.717, 1.165) is 4.31 Å². The Labute approximate surface area is 256 Å². The summed E-state index contributed by atoms with van der Waals surface area (Å²) in [6.45, 7) is 3.42. The fourth-order valence-corrected chi connectivity index (χ4v) is 6.28. The highest BCUT2D eigenvalue weighted by molar-refractivity contribution is 7.92. The van der Waals surface area contributed by atoms with Gasteiger partial charge in [0.05, 0.1) is 17.7 Å². The van der Waals surface area contributed by atoms with Crippen molar-refractivity contribution in [1.29, 1.82) is 0 Å². The minimum absolute atomic E-state index is 0.0325. The molecule has 1 atom stereocenters. The summed E-state index contributed by atoms with van der Waals surface area (Å²) in [7, 11) is -2.89. The quantitative estimate of drug-likeness (QED) is 0.241. The van der Waals surface area contributed by atoms with Crippen LogP contribution in [-0.4, -0.2) is 51.4 Å². The second-order valence-electron chi connectivity index (χ2n) is 9.11. The Hall–Kier alpha value is -2.98. The van der Waals surface area contributed by atoms with Gasteiger partial charge in [0.25, 0.3) is 10.0 Å². The van der Waals surface area contributed by atoms with Crippen LogP contribution in [0.4, 0.5) is 5.69 Å². The number of nitrogens with zero attached hydrogens (tertiary/aromatic N) is 2. The first-order chi connectivity index (χ1) is 19.5. The Morgan fingerprint density at radius 1 is 0.951 bits per heavy atom. The Morgan fingerprint density at radius 3 is 2.22 bits per heavy atom. The van der Waals surface area contributed by atoms with E-state index in [4.69, 9.17) is 39.5 Å². The number of hydrogen-bond acceptors (Lipinski definition) is 5. The van der Waals surface area contributed by atoms with E-state index in [0.29, 0.717) is 28.6 Å². The molecule has 220 valence electrons. The lowest BCUT2D eigenvalue weighted by molar-refractivity contribution is -0.140. The van der Waals surface area contributed by atoms with Crippen molar-refractivity contribution in [1.82, 2.24) is 10.2 Å². The van der Waals surface area contributed by atoms with Crippen LogP contribution in [0.2, 0.25) is 15.1 Å². The Morgan fingerprint density at radius 2 is 1.61 bits per heavy atom. The maximum Gasteiger partial charge on any atom is 0.264 e. The van der Waals surface area contributed by atoms with Crippen LogP contribution in [0.5, 0.6) is 5.75 Å². The SMILES string of the molecule is CCCNC(=O)[C@@H](CC)N(Cc1ccc(Cl)cc1Cl)C(=O)CN(c1cc(Cl)ccc1OC)S(=O)(=O)c1ccccc1. The standard InChI is InChI=1S/C29H32Cl3N3O5S/c1-4-15-33-29(37)25(5-2)34(18-20-11-12-21(30)16-24(20)32)28(36)19-35(26-17-22(31)13-14-27(26)40-3)41(38,39)23-9-7-6-8-10-23/h6-14,16-17,25H,4-5,15,18-19H2,1-3H3,(H,33,37)/t25-/m1/s1. The number of carbonyl (C=O) groups excluding carboxylic acids is 2. The Bertz CT molecular complexity index is 1470. The molecule has 0 spiro atoms. The predicted molar refractivity (Wildman–Crippen MR) is 163 cm³/mol. The van der Waals surface area contributed by atoms with Crippen LogP contribution in [0, 0.1) is 0 Å². The van der Waals surface area contributed by atoms with E-state index >= 15 is 0 Å². The van der Waals surface area contributed by atoms with Crippen molar-refractivity contribution >= 4 is 62.3 Å². The van der Waals surface area contributed by atoms with E-state index in [1.165, 1.54) is 36.3 Å². The number of nitrogens with one attached hydrogen (secondary N) is 1. The summed E-state index contributed by atoms with van der Waals surface area (Å²) in [4.78, 5) is 28.7. The van der Waals surface area contributed by atoms with E-state index in [9.17, 15) is 18.0 Å². The van der Waals surface area contributed by atoms with Gasteiger partial charge in [-0.15, -0.1) is 0 Å². The van der Waals surface area contributed by atoms with Gasteiger partial charge in [-0.3, -0.25) is 13.9 Å². The molecule has 3 aromatic rings. The molecule has 0 heterocycles. The average molecular weight is 641 g/mol. The van der Waals surface area contributed by atoms with Gasteiger partial charge in [0.15, 0.2) is 0 Å². The third-order valence-corrected chi connectivity index (χ3v) is 8.91. The van der Waals surface area contributed by atoms with Crippen LogP contribution in [-0.2, 0) is 26.2 Å². The van der Waals surface area contributed by atoms with Crippen LogP contribution < -0.4 is 14.4 Å². The fraction of sp³-hybridized carbons (Fsp3) is 0.310. The number of amides is 2. The molecule has 0 saturated carbocycles. The summed E-state index contributed by atoms with van der Waals surface area (Å²) >= 11 is 18.8. The number of sulfonamides is 1. The van der Waals surface area contributed by atoms with Gasteiger partial charge in [-0.1, -0.05) is 72.9 Å². The monoisotopic (exact) mass is 639 g/mol. The molecule has 0 aromatic heterocycles. The number of methoxy groups -OCH3 is 1. The molecule has 0 unspecified atom stereocenters. The molecule has 3 rings (SSSR count). The molecule has 8 nitrogen and oxygen atoms in total. The summed E-state index contributed by atoms with van der Waals surface area (Å²) in [6, 6.07) is 16.2. The van der Waals surface area contributed by atoms with Crippen LogP contribution in [0.3, 0.4) is 0 Å². The van der Waals surface area contributed by atoms with Gasteiger partial charge < -0.3 is 15.0 Å². The minimum Gasteiger partial charge on any atom is -0.495 e. The van der Waals surface area contributed by atoms with Gasteiger partial charge in [-0.25, -0.2) is 8.42 Å². The van der Waals surface area contributed by atoms with Crippen molar-refractivity contribution in [3.63, 3.8) is 0 Å². The molecular formula is C29H32Cl3N3O5S. The molecule has 41 heavy (non-hydrogen) atoms. The number of benzene rings is 3. The van der Waals surface area contributed by atoms with Crippen molar-refractivity contribution in [3.8, 4) is 5.75 Å². The molecule has 1 N–H and O–H groups in total. The number of halogens is 3. The fourth-order valence-electron chi connectivity index (χ4n) is 4.21. The van der Waals surface area contributed by atoms with Crippen LogP contribution in [0.15, 0.2) is 71.6 Å². The van der Waals surface area contributed by atoms with E-state index in [2.05, 4.69) is 5.32 Å². The second kappa shape index (κ2) is 14.8. The van der Waals surface area contributed by atoms with Crippen LogP contribution in [0.1, 0.15) is 32.3 Å². The summed E-state index contributed by atoms with van der Waals surface area (Å²) in [5.74, 6) is -0.789. The lowest BCUT2D eigenvalue weighted by Gasteiger charge is -2.33. The number of hydrogen-bond donors (Lipinski definition) is 1. The summed E-state index contributed by atoms with van der Waals surface area (Å²) < 4.78 is 34.3. The maximum atomic E-state index is 14.1. The largest absolute Gasteiger partial charge is 0.495 e. The lowest BCUT2D eigenvalue weighted by Crippen LogP contribution is -2.52. The van der Waals surface area contributed by atoms with E-state index in [1.54, 1.807) is 49.4 Å². The highest BCUT2D eigenvalue weighted by atomic mass is 35.5. The van der Waals surface area contributed by atoms with Gasteiger partial charge in [0, 0.05) is 28.2 Å². The highest BCUT2D eigenvalue weighted by Gasteiger charge is 2.35. The van der Waals surface area contributed by atoms with Crippen LogP contribution in [0.25, 0.3) is 0 Å². The average Bonchev–Trinajstić information content (AvgIpc) is 2.96. The van der Waals surface area contributed by atoms with Gasteiger partial charge in [-0.05, 0) is 60.9 Å². The molecule has 0 aliphatic heterocycles. The highest BCUT2D eigenvalue weighted by Crippen LogP contribution is 2.35.